The van der Waals surface area contributed by atoms with E-state index in [9.17, 15) is 9.90 Å². The van der Waals surface area contributed by atoms with Crippen molar-refractivity contribution in [3.05, 3.63) is 48.7 Å². The molecular weight excluding hydrogens is 334 g/mol. The lowest BCUT2D eigenvalue weighted by Gasteiger charge is -2.31. The molecule has 7 nitrogen and oxygen atoms in total. The maximum Gasteiger partial charge on any atom is 0.288 e. The van der Waals surface area contributed by atoms with Crippen LogP contribution in [0.3, 0.4) is 0 Å². The van der Waals surface area contributed by atoms with E-state index in [2.05, 4.69) is 15.2 Å². The average Bonchev–Trinajstić information content (AvgIpc) is 3.39. The molecule has 1 saturated carbocycles. The third kappa shape index (κ3) is 3.45. The van der Waals surface area contributed by atoms with Gasteiger partial charge in [-0.15, -0.1) is 0 Å². The fourth-order valence-corrected chi connectivity index (χ4v) is 4.00. The summed E-state index contributed by atoms with van der Waals surface area (Å²) < 4.78 is 11.1. The first-order valence-corrected chi connectivity index (χ1v) is 9.05. The molecule has 0 bridgehead atoms. The molecule has 1 aliphatic heterocycles. The van der Waals surface area contributed by atoms with Gasteiger partial charge in [-0.25, -0.2) is 4.98 Å². The Labute approximate surface area is 152 Å². The van der Waals surface area contributed by atoms with Gasteiger partial charge in [0.15, 0.2) is 6.39 Å². The van der Waals surface area contributed by atoms with E-state index in [0.717, 1.165) is 31.7 Å². The number of nitrogens with one attached hydrogen (secondary N) is 1. The molecule has 1 aliphatic carbocycles. The van der Waals surface area contributed by atoms with Gasteiger partial charge in [0, 0.05) is 6.42 Å². The van der Waals surface area contributed by atoms with Crippen LogP contribution in [-0.2, 0) is 0 Å². The molecule has 2 aromatic rings. The van der Waals surface area contributed by atoms with E-state index < -0.39 is 6.10 Å². The fourth-order valence-electron chi connectivity index (χ4n) is 4.00. The number of oxazole rings is 1. The predicted octanol–water partition coefficient (Wildman–Crippen LogP) is 1.45. The minimum Gasteiger partial charge on any atom is -0.488 e. The summed E-state index contributed by atoms with van der Waals surface area (Å²) >= 11 is 0. The van der Waals surface area contributed by atoms with E-state index in [1.807, 2.05) is 30.3 Å². The third-order valence-electron chi connectivity index (χ3n) is 5.19. The maximum atomic E-state index is 12.4. The normalized spacial score (nSPS) is 29.0. The average molecular weight is 357 g/mol. The molecule has 0 radical (unpaired) electrons. The number of aromatic nitrogens is 1. The lowest BCUT2D eigenvalue weighted by Crippen LogP contribution is -2.52. The van der Waals surface area contributed by atoms with E-state index in [1.54, 1.807) is 0 Å². The molecule has 2 aliphatic rings. The minimum atomic E-state index is -0.673. The standard InChI is InChI=1S/C19H23N3O4/c23-18-15(26-13-6-2-1-3-7-13)10-14(17(18)22-8-4-5-9-22)21-19(24)16-11-20-12-25-16/h1-3,6-7,11-12,14-15,17-18,23H,4-5,8-10H2,(H,21,24)/t14-,15-,17+,18+/m1/s1. The summed E-state index contributed by atoms with van der Waals surface area (Å²) in [4.78, 5) is 18.5. The van der Waals surface area contributed by atoms with Gasteiger partial charge in [-0.1, -0.05) is 18.2 Å². The number of carbonyl (C=O) groups is 1. The van der Waals surface area contributed by atoms with Crippen molar-refractivity contribution in [1.29, 1.82) is 0 Å². The van der Waals surface area contributed by atoms with Gasteiger partial charge in [0.05, 0.1) is 18.3 Å². The quantitative estimate of drug-likeness (QED) is 0.842. The highest BCUT2D eigenvalue weighted by atomic mass is 16.5. The molecule has 1 aromatic carbocycles. The predicted molar refractivity (Wildman–Crippen MR) is 93.8 cm³/mol. The second kappa shape index (κ2) is 7.47. The van der Waals surface area contributed by atoms with Crippen LogP contribution >= 0.6 is 0 Å². The summed E-state index contributed by atoms with van der Waals surface area (Å²) in [5, 5.41) is 13.9. The first-order valence-electron chi connectivity index (χ1n) is 9.05. The molecule has 4 rings (SSSR count). The largest absolute Gasteiger partial charge is 0.488 e. The highest BCUT2D eigenvalue weighted by Crippen LogP contribution is 2.31. The second-order valence-corrected chi connectivity index (χ2v) is 6.87. The van der Waals surface area contributed by atoms with Crippen LogP contribution in [0.1, 0.15) is 29.8 Å². The van der Waals surface area contributed by atoms with E-state index in [4.69, 9.17) is 9.15 Å². The van der Waals surface area contributed by atoms with Gasteiger partial charge in [-0.3, -0.25) is 9.69 Å². The molecule has 0 unspecified atom stereocenters. The van der Waals surface area contributed by atoms with Crippen molar-refractivity contribution in [2.75, 3.05) is 13.1 Å². The minimum absolute atomic E-state index is 0.168. The Morgan fingerprint density at radius 2 is 2.04 bits per heavy atom. The van der Waals surface area contributed by atoms with Crippen LogP contribution in [0.15, 0.2) is 47.3 Å². The first-order chi connectivity index (χ1) is 12.7. The molecule has 2 fully saturated rings. The SMILES string of the molecule is O=C(N[C@@H]1C[C@@H](Oc2ccccc2)[C@H](O)[C@H]1N1CCCC1)c1cnco1. The van der Waals surface area contributed by atoms with E-state index in [0.29, 0.717) is 6.42 Å². The smallest absolute Gasteiger partial charge is 0.288 e. The number of likely N-dealkylation sites (tertiary alicyclic amines) is 1. The fraction of sp³-hybridized carbons (Fsp3) is 0.474. The van der Waals surface area contributed by atoms with Crippen molar-refractivity contribution < 1.29 is 19.1 Å². The van der Waals surface area contributed by atoms with Crippen LogP contribution in [0.2, 0.25) is 0 Å². The van der Waals surface area contributed by atoms with E-state index >= 15 is 0 Å². The van der Waals surface area contributed by atoms with Crippen LogP contribution in [-0.4, -0.2) is 58.3 Å². The number of aliphatic hydroxyl groups is 1. The summed E-state index contributed by atoms with van der Waals surface area (Å²) in [5.41, 5.74) is 0. The molecule has 26 heavy (non-hydrogen) atoms. The van der Waals surface area contributed by atoms with Gasteiger partial charge in [-0.05, 0) is 38.1 Å². The number of carbonyl (C=O) groups excluding carboxylic acids is 1. The molecule has 1 amide bonds. The number of benzene rings is 1. The number of rotatable bonds is 5. The van der Waals surface area contributed by atoms with Crippen molar-refractivity contribution in [1.82, 2.24) is 15.2 Å². The highest BCUT2D eigenvalue weighted by Gasteiger charge is 2.48. The molecule has 0 spiro atoms. The Balaban J connectivity index is 1.51. The highest BCUT2D eigenvalue weighted by molar-refractivity contribution is 5.91. The van der Waals surface area contributed by atoms with Gasteiger partial charge < -0.3 is 19.6 Å². The van der Waals surface area contributed by atoms with E-state index in [1.165, 1.54) is 12.6 Å². The number of nitrogens with zero attached hydrogens (tertiary/aromatic N) is 2. The summed E-state index contributed by atoms with van der Waals surface area (Å²) in [6.45, 7) is 1.85. The van der Waals surface area contributed by atoms with Gasteiger partial charge in [0.2, 0.25) is 5.76 Å². The summed E-state index contributed by atoms with van der Waals surface area (Å²) in [6.07, 6.45) is 4.33. The van der Waals surface area contributed by atoms with Crippen LogP contribution in [0.5, 0.6) is 5.75 Å². The Morgan fingerprint density at radius 1 is 1.27 bits per heavy atom. The number of hydrogen-bond acceptors (Lipinski definition) is 6. The molecular formula is C19H23N3O4. The lowest BCUT2D eigenvalue weighted by molar-refractivity contribution is 0.0139. The van der Waals surface area contributed by atoms with Crippen LogP contribution in [0.25, 0.3) is 0 Å². The summed E-state index contributed by atoms with van der Waals surface area (Å²) in [6, 6.07) is 9.09. The Hall–Kier alpha value is -2.38. The number of amides is 1. The molecule has 2 heterocycles. The van der Waals surface area contributed by atoms with Crippen molar-refractivity contribution in [2.24, 2.45) is 0 Å². The molecule has 2 N–H and O–H groups in total. The molecule has 7 heteroatoms. The molecule has 4 atom stereocenters. The first kappa shape index (κ1) is 17.1. The second-order valence-electron chi connectivity index (χ2n) is 6.87. The lowest BCUT2D eigenvalue weighted by atomic mass is 10.1. The summed E-state index contributed by atoms with van der Waals surface area (Å²) in [7, 11) is 0. The van der Waals surface area contributed by atoms with Crippen molar-refractivity contribution in [3.63, 3.8) is 0 Å². The van der Waals surface area contributed by atoms with Gasteiger partial charge in [0.25, 0.3) is 5.91 Å². The number of ether oxygens (including phenoxy) is 1. The Morgan fingerprint density at radius 3 is 2.73 bits per heavy atom. The van der Waals surface area contributed by atoms with Crippen molar-refractivity contribution in [2.45, 2.75) is 43.6 Å². The topological polar surface area (TPSA) is 87.8 Å². The van der Waals surface area contributed by atoms with Gasteiger partial charge >= 0.3 is 0 Å². The Bertz CT molecular complexity index is 716. The molecule has 1 saturated heterocycles. The summed E-state index contributed by atoms with van der Waals surface area (Å²) in [5.74, 6) is 0.579. The zero-order valence-electron chi connectivity index (χ0n) is 14.5. The van der Waals surface area contributed by atoms with E-state index in [-0.39, 0.29) is 29.9 Å². The monoisotopic (exact) mass is 357 g/mol. The van der Waals surface area contributed by atoms with Crippen LogP contribution in [0.4, 0.5) is 0 Å². The van der Waals surface area contributed by atoms with Crippen molar-refractivity contribution in [3.8, 4) is 5.75 Å². The van der Waals surface area contributed by atoms with Gasteiger partial charge in [-0.2, -0.15) is 0 Å². The molecule has 138 valence electrons. The molecule has 1 aromatic heterocycles. The Kier molecular flexibility index (Phi) is 4.90. The number of hydrogen-bond donors (Lipinski definition) is 2. The maximum absolute atomic E-state index is 12.4. The number of aliphatic hydroxyl groups excluding tert-OH is 1. The zero-order chi connectivity index (χ0) is 17.9. The number of para-hydroxylation sites is 1. The van der Waals surface area contributed by atoms with Crippen molar-refractivity contribution >= 4 is 5.91 Å². The van der Waals surface area contributed by atoms with Gasteiger partial charge in [0.1, 0.15) is 18.0 Å². The third-order valence-corrected chi connectivity index (χ3v) is 5.19. The zero-order valence-corrected chi connectivity index (χ0v) is 14.5. The van der Waals surface area contributed by atoms with Crippen LogP contribution in [0, 0.1) is 0 Å². The van der Waals surface area contributed by atoms with Crippen LogP contribution < -0.4 is 10.1 Å².